The molecule has 0 saturated heterocycles. The van der Waals surface area contributed by atoms with E-state index in [4.69, 9.17) is 5.73 Å². The standard InChI is InChI=1S/C12H11BrFN3O2S/c1-7-4-12(16-6-9(7)13)17-20(18,19)11-5-8(14)2-3-10(11)15/h2-6H,15H2,1H3,(H,16,17). The Kier molecular flexibility index (Phi) is 3.96. The zero-order chi connectivity index (χ0) is 14.9. The molecule has 0 unspecified atom stereocenters. The van der Waals surface area contributed by atoms with Crippen molar-refractivity contribution in [1.82, 2.24) is 4.98 Å². The number of nitrogens with two attached hydrogens (primary N) is 1. The summed E-state index contributed by atoms with van der Waals surface area (Å²) >= 11 is 3.27. The number of sulfonamides is 1. The van der Waals surface area contributed by atoms with Crippen molar-refractivity contribution in [1.29, 1.82) is 0 Å². The molecule has 20 heavy (non-hydrogen) atoms. The lowest BCUT2D eigenvalue weighted by atomic mass is 10.3. The van der Waals surface area contributed by atoms with Crippen molar-refractivity contribution in [3.63, 3.8) is 0 Å². The van der Waals surface area contributed by atoms with Crippen LogP contribution in [0.2, 0.25) is 0 Å². The van der Waals surface area contributed by atoms with Crippen LogP contribution in [0.5, 0.6) is 0 Å². The van der Waals surface area contributed by atoms with Crippen LogP contribution in [0.4, 0.5) is 15.9 Å². The molecule has 0 atom stereocenters. The molecule has 0 aliphatic heterocycles. The lowest BCUT2D eigenvalue weighted by molar-refractivity contribution is 0.596. The van der Waals surface area contributed by atoms with E-state index in [0.717, 1.165) is 22.2 Å². The van der Waals surface area contributed by atoms with Gasteiger partial charge in [-0.25, -0.2) is 17.8 Å². The molecule has 2 rings (SSSR count). The summed E-state index contributed by atoms with van der Waals surface area (Å²) in [6.07, 6.45) is 1.47. The van der Waals surface area contributed by atoms with Crippen LogP contribution in [-0.2, 0) is 10.0 Å². The summed E-state index contributed by atoms with van der Waals surface area (Å²) in [4.78, 5) is 3.61. The van der Waals surface area contributed by atoms with Gasteiger partial charge < -0.3 is 5.73 Å². The Balaban J connectivity index is 2.40. The first-order valence-electron chi connectivity index (χ1n) is 5.49. The molecule has 0 aliphatic carbocycles. The van der Waals surface area contributed by atoms with Gasteiger partial charge in [0.1, 0.15) is 16.5 Å². The number of hydrogen-bond acceptors (Lipinski definition) is 4. The van der Waals surface area contributed by atoms with Gasteiger partial charge in [0.2, 0.25) is 0 Å². The van der Waals surface area contributed by atoms with Crippen LogP contribution < -0.4 is 10.5 Å². The van der Waals surface area contributed by atoms with Gasteiger partial charge in [0.15, 0.2) is 0 Å². The summed E-state index contributed by atoms with van der Waals surface area (Å²) in [5.74, 6) is -0.547. The van der Waals surface area contributed by atoms with E-state index >= 15 is 0 Å². The number of nitrogens with one attached hydrogen (secondary N) is 1. The van der Waals surface area contributed by atoms with Gasteiger partial charge in [-0.2, -0.15) is 0 Å². The number of rotatable bonds is 3. The number of anilines is 2. The maximum Gasteiger partial charge on any atom is 0.265 e. The summed E-state index contributed by atoms with van der Waals surface area (Å²) < 4.78 is 40.5. The molecule has 3 N–H and O–H groups in total. The van der Waals surface area contributed by atoms with Gasteiger partial charge in [0, 0.05) is 10.7 Å². The number of nitrogens with zero attached hydrogens (tertiary/aromatic N) is 1. The third-order valence-electron chi connectivity index (χ3n) is 2.55. The Hall–Kier alpha value is -1.67. The smallest absolute Gasteiger partial charge is 0.265 e. The SMILES string of the molecule is Cc1cc(NS(=O)(=O)c2cc(F)ccc2N)ncc1Br. The predicted octanol–water partition coefficient (Wildman–Crippen LogP) is 2.67. The number of halogens is 2. The van der Waals surface area contributed by atoms with Crippen molar-refractivity contribution in [2.45, 2.75) is 11.8 Å². The van der Waals surface area contributed by atoms with Crippen LogP contribution in [0.25, 0.3) is 0 Å². The van der Waals surface area contributed by atoms with Crippen molar-refractivity contribution in [2.24, 2.45) is 0 Å². The van der Waals surface area contributed by atoms with Gasteiger partial charge in [0.25, 0.3) is 10.0 Å². The zero-order valence-electron chi connectivity index (χ0n) is 10.4. The minimum absolute atomic E-state index is 0.0345. The van der Waals surface area contributed by atoms with Crippen LogP contribution in [0.3, 0.4) is 0 Å². The van der Waals surface area contributed by atoms with Crippen LogP contribution in [-0.4, -0.2) is 13.4 Å². The fourth-order valence-corrected chi connectivity index (χ4v) is 2.89. The minimum Gasteiger partial charge on any atom is -0.398 e. The Morgan fingerprint density at radius 2 is 2.05 bits per heavy atom. The normalized spacial score (nSPS) is 11.3. The van der Waals surface area contributed by atoms with Crippen molar-refractivity contribution in [3.05, 3.63) is 46.3 Å². The second-order valence-electron chi connectivity index (χ2n) is 4.11. The van der Waals surface area contributed by atoms with Crippen LogP contribution in [0.15, 0.2) is 39.8 Å². The molecule has 1 aromatic carbocycles. The van der Waals surface area contributed by atoms with Crippen LogP contribution in [0, 0.1) is 12.7 Å². The van der Waals surface area contributed by atoms with Crippen molar-refractivity contribution in [2.75, 3.05) is 10.5 Å². The largest absolute Gasteiger partial charge is 0.398 e. The first-order chi connectivity index (χ1) is 9.29. The third-order valence-corrected chi connectivity index (χ3v) is 4.79. The monoisotopic (exact) mass is 359 g/mol. The van der Waals surface area contributed by atoms with Gasteiger partial charge in [-0.15, -0.1) is 0 Å². The quantitative estimate of drug-likeness (QED) is 0.825. The highest BCUT2D eigenvalue weighted by Gasteiger charge is 2.19. The summed E-state index contributed by atoms with van der Waals surface area (Å²) in [6.45, 7) is 1.79. The predicted molar refractivity (Wildman–Crippen MR) is 78.3 cm³/mol. The summed E-state index contributed by atoms with van der Waals surface area (Å²) in [5.41, 5.74) is 6.35. The zero-order valence-corrected chi connectivity index (χ0v) is 12.8. The van der Waals surface area contributed by atoms with E-state index in [2.05, 4.69) is 25.6 Å². The maximum absolute atomic E-state index is 13.2. The van der Waals surface area contributed by atoms with Crippen molar-refractivity contribution >= 4 is 37.5 Å². The Labute approximate surface area is 124 Å². The highest BCUT2D eigenvalue weighted by atomic mass is 79.9. The number of aryl methyl sites for hydroxylation is 1. The molecule has 0 spiro atoms. The fourth-order valence-electron chi connectivity index (χ4n) is 1.53. The number of hydrogen-bond donors (Lipinski definition) is 2. The second kappa shape index (κ2) is 5.37. The maximum atomic E-state index is 13.2. The minimum atomic E-state index is -3.99. The van der Waals surface area contributed by atoms with Crippen LogP contribution >= 0.6 is 15.9 Å². The molecule has 0 amide bonds. The number of nitrogen functional groups attached to an aromatic ring is 1. The van der Waals surface area contributed by atoms with Gasteiger partial charge in [0.05, 0.1) is 5.69 Å². The van der Waals surface area contributed by atoms with E-state index in [1.807, 2.05) is 0 Å². The van der Waals surface area contributed by atoms with Gasteiger partial charge in [-0.1, -0.05) is 0 Å². The highest BCUT2D eigenvalue weighted by molar-refractivity contribution is 9.10. The van der Waals surface area contributed by atoms with E-state index in [-0.39, 0.29) is 16.4 Å². The molecule has 0 bridgehead atoms. The van der Waals surface area contributed by atoms with E-state index < -0.39 is 15.8 Å². The molecule has 0 fully saturated rings. The van der Waals surface area contributed by atoms with E-state index in [1.165, 1.54) is 12.3 Å². The summed E-state index contributed by atoms with van der Waals surface area (Å²) in [6, 6.07) is 4.71. The highest BCUT2D eigenvalue weighted by Crippen LogP contribution is 2.23. The molecular formula is C12H11BrFN3O2S. The molecular weight excluding hydrogens is 349 g/mol. The number of benzene rings is 1. The van der Waals surface area contributed by atoms with Crippen molar-refractivity contribution in [3.8, 4) is 0 Å². The molecule has 0 radical (unpaired) electrons. The topological polar surface area (TPSA) is 85.1 Å². The molecule has 0 aliphatic rings. The number of pyridine rings is 1. The molecule has 8 heteroatoms. The lowest BCUT2D eigenvalue weighted by Crippen LogP contribution is -2.16. The fraction of sp³-hybridized carbons (Fsp3) is 0.0833. The average Bonchev–Trinajstić information content (AvgIpc) is 2.36. The molecule has 1 aromatic heterocycles. The van der Waals surface area contributed by atoms with Gasteiger partial charge >= 0.3 is 0 Å². The molecule has 1 heterocycles. The molecule has 0 saturated carbocycles. The Bertz CT molecular complexity index is 765. The Morgan fingerprint density at radius 3 is 2.70 bits per heavy atom. The Morgan fingerprint density at radius 1 is 1.35 bits per heavy atom. The van der Waals surface area contributed by atoms with Crippen LogP contribution in [0.1, 0.15) is 5.56 Å². The summed E-state index contributed by atoms with van der Waals surface area (Å²) in [5, 5.41) is 0. The number of aromatic nitrogens is 1. The first-order valence-corrected chi connectivity index (χ1v) is 7.77. The molecule has 2 aromatic rings. The molecule has 106 valence electrons. The second-order valence-corrected chi connectivity index (χ2v) is 6.61. The lowest BCUT2D eigenvalue weighted by Gasteiger charge is -2.10. The van der Waals surface area contributed by atoms with Gasteiger partial charge in [-0.05, 0) is 52.7 Å². The summed E-state index contributed by atoms with van der Waals surface area (Å²) in [7, 11) is -3.99. The van der Waals surface area contributed by atoms with E-state index in [9.17, 15) is 12.8 Å². The third kappa shape index (κ3) is 3.07. The average molecular weight is 360 g/mol. The van der Waals surface area contributed by atoms with E-state index in [0.29, 0.717) is 0 Å². The first kappa shape index (κ1) is 14.7. The van der Waals surface area contributed by atoms with Crippen molar-refractivity contribution < 1.29 is 12.8 Å². The van der Waals surface area contributed by atoms with Gasteiger partial charge in [-0.3, -0.25) is 4.72 Å². The van der Waals surface area contributed by atoms with E-state index in [1.54, 1.807) is 13.0 Å². The molecule has 5 nitrogen and oxygen atoms in total.